The Labute approximate surface area is 94.6 Å². The smallest absolute Gasteiger partial charge is 0.172 e. The number of hydrogen-bond donors (Lipinski definition) is 1. The summed E-state index contributed by atoms with van der Waals surface area (Å²) in [7, 11) is 3.04. The van der Waals surface area contributed by atoms with Crippen LogP contribution < -0.4 is 14.8 Å². The van der Waals surface area contributed by atoms with E-state index < -0.39 is 0 Å². The largest absolute Gasteiger partial charge is 0.496 e. The molecular weight excluding hydrogens is 209 g/mol. The Morgan fingerprint density at radius 1 is 1.25 bits per heavy atom. The van der Waals surface area contributed by atoms with E-state index in [0.29, 0.717) is 11.3 Å². The van der Waals surface area contributed by atoms with Crippen molar-refractivity contribution in [3.8, 4) is 11.5 Å². The van der Waals surface area contributed by atoms with Crippen molar-refractivity contribution in [2.24, 2.45) is 0 Å². The van der Waals surface area contributed by atoms with Crippen LogP contribution in [0.25, 0.3) is 0 Å². The fourth-order valence-electron chi connectivity index (χ4n) is 2.17. The highest BCUT2D eigenvalue weighted by Crippen LogP contribution is 2.36. The van der Waals surface area contributed by atoms with E-state index in [1.807, 2.05) is 0 Å². The van der Waals surface area contributed by atoms with Crippen molar-refractivity contribution in [2.45, 2.75) is 12.3 Å². The second kappa shape index (κ2) is 4.70. The summed E-state index contributed by atoms with van der Waals surface area (Å²) in [6, 6.07) is 3.36. The molecular formula is C12H16FNO2. The first-order valence-corrected chi connectivity index (χ1v) is 5.39. The fraction of sp³-hybridized carbons (Fsp3) is 0.500. The number of ether oxygens (including phenoxy) is 2. The third-order valence-electron chi connectivity index (χ3n) is 3.01. The molecule has 0 amide bonds. The molecule has 1 fully saturated rings. The highest BCUT2D eigenvalue weighted by Gasteiger charge is 2.25. The van der Waals surface area contributed by atoms with E-state index >= 15 is 0 Å². The van der Waals surface area contributed by atoms with Crippen LogP contribution in [0.3, 0.4) is 0 Å². The number of rotatable bonds is 3. The van der Waals surface area contributed by atoms with E-state index in [1.54, 1.807) is 19.2 Å². The summed E-state index contributed by atoms with van der Waals surface area (Å²) < 4.78 is 24.3. The van der Waals surface area contributed by atoms with Crippen LogP contribution in [0.5, 0.6) is 11.5 Å². The Balaban J connectivity index is 2.45. The molecule has 1 unspecified atom stereocenters. The Morgan fingerprint density at radius 2 is 1.94 bits per heavy atom. The van der Waals surface area contributed by atoms with Gasteiger partial charge < -0.3 is 14.8 Å². The van der Waals surface area contributed by atoms with Gasteiger partial charge in [0.15, 0.2) is 11.6 Å². The van der Waals surface area contributed by atoms with Crippen LogP contribution in [0, 0.1) is 5.82 Å². The van der Waals surface area contributed by atoms with Gasteiger partial charge in [-0.15, -0.1) is 0 Å². The predicted molar refractivity (Wildman–Crippen MR) is 59.7 cm³/mol. The van der Waals surface area contributed by atoms with Crippen molar-refractivity contribution in [1.29, 1.82) is 0 Å². The lowest BCUT2D eigenvalue weighted by molar-refractivity contribution is 0.368. The lowest BCUT2D eigenvalue weighted by Crippen LogP contribution is -2.10. The molecule has 0 bridgehead atoms. The van der Waals surface area contributed by atoms with Crippen LogP contribution in [0.2, 0.25) is 0 Å². The molecule has 1 aliphatic heterocycles. The van der Waals surface area contributed by atoms with Gasteiger partial charge in [0, 0.05) is 18.0 Å². The molecule has 1 heterocycles. The van der Waals surface area contributed by atoms with Crippen molar-refractivity contribution in [3.05, 3.63) is 23.5 Å². The molecule has 16 heavy (non-hydrogen) atoms. The van der Waals surface area contributed by atoms with Gasteiger partial charge >= 0.3 is 0 Å². The van der Waals surface area contributed by atoms with Gasteiger partial charge in [-0.1, -0.05) is 0 Å². The van der Waals surface area contributed by atoms with Crippen LogP contribution in [-0.4, -0.2) is 27.3 Å². The summed E-state index contributed by atoms with van der Waals surface area (Å²) in [5.41, 5.74) is 0.631. The molecule has 0 aliphatic carbocycles. The number of halogens is 1. The molecule has 1 N–H and O–H groups in total. The summed E-state index contributed by atoms with van der Waals surface area (Å²) in [5.74, 6) is 0.760. The molecule has 2 rings (SSSR count). The molecule has 0 aromatic heterocycles. The van der Waals surface area contributed by atoms with Gasteiger partial charge in [-0.25, -0.2) is 4.39 Å². The molecule has 1 aliphatic rings. The maximum absolute atomic E-state index is 14.1. The quantitative estimate of drug-likeness (QED) is 0.852. The number of nitrogens with one attached hydrogen (secondary N) is 1. The monoisotopic (exact) mass is 225 g/mol. The maximum atomic E-state index is 14.1. The van der Waals surface area contributed by atoms with E-state index in [-0.39, 0.29) is 17.5 Å². The lowest BCUT2D eigenvalue weighted by Gasteiger charge is -2.16. The number of hydrogen-bond acceptors (Lipinski definition) is 3. The first-order valence-electron chi connectivity index (χ1n) is 5.39. The highest BCUT2D eigenvalue weighted by molar-refractivity contribution is 5.44. The maximum Gasteiger partial charge on any atom is 0.172 e. The van der Waals surface area contributed by atoms with E-state index in [2.05, 4.69) is 5.32 Å². The van der Waals surface area contributed by atoms with Gasteiger partial charge in [0.1, 0.15) is 5.75 Å². The van der Waals surface area contributed by atoms with E-state index in [9.17, 15) is 4.39 Å². The molecule has 1 saturated heterocycles. The molecule has 1 atom stereocenters. The van der Waals surface area contributed by atoms with Crippen molar-refractivity contribution in [2.75, 3.05) is 27.3 Å². The lowest BCUT2D eigenvalue weighted by atomic mass is 9.96. The Bertz CT molecular complexity index is 376. The molecule has 4 heteroatoms. The SMILES string of the molecule is COc1ccc(OC)c(C2CCNC2)c1F. The summed E-state index contributed by atoms with van der Waals surface area (Å²) in [6.07, 6.45) is 0.931. The molecule has 3 nitrogen and oxygen atoms in total. The van der Waals surface area contributed by atoms with E-state index in [1.165, 1.54) is 7.11 Å². The minimum absolute atomic E-state index is 0.171. The molecule has 1 aromatic carbocycles. The molecule has 88 valence electrons. The van der Waals surface area contributed by atoms with Gasteiger partial charge in [-0.2, -0.15) is 0 Å². The summed E-state index contributed by atoms with van der Waals surface area (Å²) in [6.45, 7) is 1.71. The number of benzene rings is 1. The third-order valence-corrected chi connectivity index (χ3v) is 3.01. The van der Waals surface area contributed by atoms with Crippen molar-refractivity contribution < 1.29 is 13.9 Å². The molecule has 0 radical (unpaired) electrons. The second-order valence-corrected chi connectivity index (χ2v) is 3.89. The Hall–Kier alpha value is -1.29. The summed E-state index contributed by atoms with van der Waals surface area (Å²) in [5, 5.41) is 3.22. The van der Waals surface area contributed by atoms with Gasteiger partial charge in [-0.05, 0) is 25.1 Å². The van der Waals surface area contributed by atoms with E-state index in [0.717, 1.165) is 19.5 Å². The first kappa shape index (κ1) is 11.2. The minimum atomic E-state index is -0.296. The number of methoxy groups -OCH3 is 2. The highest BCUT2D eigenvalue weighted by atomic mass is 19.1. The summed E-state index contributed by atoms with van der Waals surface area (Å²) in [4.78, 5) is 0. The van der Waals surface area contributed by atoms with Gasteiger partial charge in [0.05, 0.1) is 14.2 Å². The predicted octanol–water partition coefficient (Wildman–Crippen LogP) is 1.92. The third kappa shape index (κ3) is 1.85. The van der Waals surface area contributed by atoms with Crippen LogP contribution in [0.1, 0.15) is 17.9 Å². The second-order valence-electron chi connectivity index (χ2n) is 3.89. The van der Waals surface area contributed by atoms with Gasteiger partial charge in [0.25, 0.3) is 0 Å². The fourth-order valence-corrected chi connectivity index (χ4v) is 2.17. The van der Waals surface area contributed by atoms with Crippen LogP contribution >= 0.6 is 0 Å². The molecule has 1 aromatic rings. The zero-order valence-corrected chi connectivity index (χ0v) is 9.55. The van der Waals surface area contributed by atoms with Crippen LogP contribution in [0.4, 0.5) is 4.39 Å². The standard InChI is InChI=1S/C12H16FNO2/c1-15-9-3-4-10(16-2)12(13)11(9)8-5-6-14-7-8/h3-4,8,14H,5-7H2,1-2H3. The molecule has 0 saturated carbocycles. The van der Waals surface area contributed by atoms with Crippen molar-refractivity contribution >= 4 is 0 Å². The van der Waals surface area contributed by atoms with Crippen molar-refractivity contribution in [3.63, 3.8) is 0 Å². The Morgan fingerprint density at radius 3 is 2.50 bits per heavy atom. The van der Waals surface area contributed by atoms with Gasteiger partial charge in [-0.3, -0.25) is 0 Å². The molecule has 0 spiro atoms. The summed E-state index contributed by atoms with van der Waals surface area (Å²) >= 11 is 0. The average molecular weight is 225 g/mol. The van der Waals surface area contributed by atoms with Crippen LogP contribution in [0.15, 0.2) is 12.1 Å². The van der Waals surface area contributed by atoms with Crippen molar-refractivity contribution in [1.82, 2.24) is 5.32 Å². The Kier molecular flexibility index (Phi) is 3.29. The first-order chi connectivity index (χ1) is 7.77. The van der Waals surface area contributed by atoms with E-state index in [4.69, 9.17) is 9.47 Å². The normalized spacial score (nSPS) is 19.8. The van der Waals surface area contributed by atoms with Crippen LogP contribution in [-0.2, 0) is 0 Å². The topological polar surface area (TPSA) is 30.5 Å². The van der Waals surface area contributed by atoms with Gasteiger partial charge in [0.2, 0.25) is 0 Å². The zero-order valence-electron chi connectivity index (χ0n) is 9.55. The average Bonchev–Trinajstić information content (AvgIpc) is 2.81. The minimum Gasteiger partial charge on any atom is -0.496 e. The zero-order chi connectivity index (χ0) is 11.5.